The lowest BCUT2D eigenvalue weighted by molar-refractivity contribution is 0.148. The Morgan fingerprint density at radius 2 is 2.10 bits per heavy atom. The maximum absolute atomic E-state index is 12.8. The molecule has 5 nitrogen and oxygen atoms in total. The molecule has 1 N–H and O–H groups in total. The highest BCUT2D eigenvalue weighted by molar-refractivity contribution is 7.89. The van der Waals surface area contributed by atoms with Crippen LogP contribution in [0.4, 0.5) is 0 Å². The lowest BCUT2D eigenvalue weighted by Crippen LogP contribution is -2.33. The van der Waals surface area contributed by atoms with Crippen LogP contribution in [0.3, 0.4) is 0 Å². The lowest BCUT2D eigenvalue weighted by Gasteiger charge is -2.21. The van der Waals surface area contributed by atoms with Gasteiger partial charge in [-0.2, -0.15) is 4.31 Å². The summed E-state index contributed by atoms with van der Waals surface area (Å²) in [6.07, 6.45) is 1.35. The fraction of sp³-hybridized carbons (Fsp3) is 0.571. The monoisotopic (exact) mass is 299 g/mol. The second-order valence-corrected chi connectivity index (χ2v) is 6.73. The van der Waals surface area contributed by atoms with Crippen molar-refractivity contribution in [3.63, 3.8) is 0 Å². The van der Waals surface area contributed by atoms with Crippen LogP contribution in [0.2, 0.25) is 0 Å². The molecule has 1 saturated heterocycles. The molecule has 1 aromatic rings. The van der Waals surface area contributed by atoms with Crippen LogP contribution >= 0.6 is 0 Å². The third-order valence-corrected chi connectivity index (χ3v) is 5.47. The number of aliphatic hydroxyl groups excluding tert-OH is 1. The molecule has 1 aliphatic rings. The zero-order chi connectivity index (χ0) is 14.6. The zero-order valence-electron chi connectivity index (χ0n) is 11.7. The van der Waals surface area contributed by atoms with Crippen molar-refractivity contribution in [1.29, 1.82) is 0 Å². The maximum Gasteiger partial charge on any atom is 0.243 e. The Hall–Kier alpha value is -0.950. The van der Waals surface area contributed by atoms with Crippen LogP contribution in [0.15, 0.2) is 23.1 Å². The number of aryl methyl sites for hydroxylation is 1. The van der Waals surface area contributed by atoms with Crippen molar-refractivity contribution in [3.8, 4) is 0 Å². The summed E-state index contributed by atoms with van der Waals surface area (Å²) in [5.41, 5.74) is 1.40. The summed E-state index contributed by atoms with van der Waals surface area (Å²) in [6.45, 7) is 3.67. The quantitative estimate of drug-likeness (QED) is 0.906. The largest absolute Gasteiger partial charge is 0.392 e. The highest BCUT2D eigenvalue weighted by Gasteiger charge is 2.27. The van der Waals surface area contributed by atoms with Crippen LogP contribution in [0.5, 0.6) is 0 Å². The van der Waals surface area contributed by atoms with Gasteiger partial charge in [0.05, 0.1) is 18.1 Å². The molecule has 112 valence electrons. The molecule has 20 heavy (non-hydrogen) atoms. The predicted octanol–water partition coefficient (Wildman–Crippen LogP) is 1.15. The third-order valence-electron chi connectivity index (χ3n) is 3.49. The van der Waals surface area contributed by atoms with Crippen LogP contribution in [0.1, 0.15) is 24.5 Å². The molecule has 1 fully saturated rings. The predicted molar refractivity (Wildman–Crippen MR) is 75.9 cm³/mol. The van der Waals surface area contributed by atoms with E-state index in [2.05, 4.69) is 0 Å². The minimum absolute atomic E-state index is 0.157. The standard InChI is InChI=1S/C14H21NO4S/c1-2-13-5-4-12(11-16)10-14(13)20(17,18)15-6-3-8-19-9-7-15/h4-5,10,16H,2-3,6-9,11H2,1H3. The van der Waals surface area contributed by atoms with Crippen LogP contribution < -0.4 is 0 Å². The van der Waals surface area contributed by atoms with Crippen LogP contribution in [-0.2, 0) is 27.8 Å². The molecule has 6 heteroatoms. The van der Waals surface area contributed by atoms with Gasteiger partial charge in [-0.3, -0.25) is 0 Å². The van der Waals surface area contributed by atoms with E-state index in [1.54, 1.807) is 18.2 Å². The first-order valence-electron chi connectivity index (χ1n) is 6.90. The summed E-state index contributed by atoms with van der Waals surface area (Å²) >= 11 is 0. The summed E-state index contributed by atoms with van der Waals surface area (Å²) in [5, 5.41) is 9.22. The first-order chi connectivity index (χ1) is 9.59. The van der Waals surface area contributed by atoms with E-state index in [0.29, 0.717) is 49.6 Å². The first kappa shape index (κ1) is 15.4. The highest BCUT2D eigenvalue weighted by atomic mass is 32.2. The average molecular weight is 299 g/mol. The van der Waals surface area contributed by atoms with Crippen molar-refractivity contribution in [3.05, 3.63) is 29.3 Å². The SMILES string of the molecule is CCc1ccc(CO)cc1S(=O)(=O)N1CCCOCC1. The van der Waals surface area contributed by atoms with E-state index in [0.717, 1.165) is 5.56 Å². The molecular formula is C14H21NO4S. The van der Waals surface area contributed by atoms with Gasteiger partial charge in [0.15, 0.2) is 0 Å². The molecule has 0 bridgehead atoms. The molecular weight excluding hydrogens is 278 g/mol. The second-order valence-electron chi connectivity index (χ2n) is 4.82. The zero-order valence-corrected chi connectivity index (χ0v) is 12.5. The van der Waals surface area contributed by atoms with Crippen molar-refractivity contribution < 1.29 is 18.3 Å². The molecule has 0 unspecified atom stereocenters. The Balaban J connectivity index is 2.41. The Morgan fingerprint density at radius 3 is 2.80 bits per heavy atom. The maximum atomic E-state index is 12.8. The Labute approximate surface area is 120 Å². The van der Waals surface area contributed by atoms with Crippen LogP contribution in [0.25, 0.3) is 0 Å². The molecule has 0 amide bonds. The molecule has 0 atom stereocenters. The van der Waals surface area contributed by atoms with Gasteiger partial charge in [0.1, 0.15) is 0 Å². The smallest absolute Gasteiger partial charge is 0.243 e. The Morgan fingerprint density at radius 1 is 1.30 bits per heavy atom. The van der Waals surface area contributed by atoms with Gasteiger partial charge < -0.3 is 9.84 Å². The lowest BCUT2D eigenvalue weighted by atomic mass is 10.1. The summed E-state index contributed by atoms with van der Waals surface area (Å²) in [5.74, 6) is 0. The van der Waals surface area contributed by atoms with Crippen LogP contribution in [-0.4, -0.2) is 44.1 Å². The number of nitrogens with zero attached hydrogens (tertiary/aromatic N) is 1. The van der Waals surface area contributed by atoms with Gasteiger partial charge >= 0.3 is 0 Å². The summed E-state index contributed by atoms with van der Waals surface area (Å²) < 4.78 is 32.3. The number of hydrogen-bond acceptors (Lipinski definition) is 4. The molecule has 0 radical (unpaired) electrons. The van der Waals surface area contributed by atoms with Crippen molar-refractivity contribution in [1.82, 2.24) is 4.31 Å². The summed E-state index contributed by atoms with van der Waals surface area (Å²) in [4.78, 5) is 0.313. The molecule has 1 aliphatic heterocycles. The molecule has 0 aliphatic carbocycles. The van der Waals surface area contributed by atoms with Crippen molar-refractivity contribution >= 4 is 10.0 Å². The van der Waals surface area contributed by atoms with E-state index in [1.807, 2.05) is 6.92 Å². The molecule has 1 heterocycles. The fourth-order valence-electron chi connectivity index (χ4n) is 2.33. The molecule has 1 aromatic carbocycles. The first-order valence-corrected chi connectivity index (χ1v) is 8.34. The number of aliphatic hydroxyl groups is 1. The van der Waals surface area contributed by atoms with E-state index >= 15 is 0 Å². The number of benzene rings is 1. The van der Waals surface area contributed by atoms with Gasteiger partial charge in [0, 0.05) is 19.7 Å². The van der Waals surface area contributed by atoms with E-state index in [1.165, 1.54) is 4.31 Å². The number of ether oxygens (including phenoxy) is 1. The van der Waals surface area contributed by atoms with Crippen molar-refractivity contribution in [2.75, 3.05) is 26.3 Å². The van der Waals surface area contributed by atoms with E-state index in [4.69, 9.17) is 4.74 Å². The number of hydrogen-bond donors (Lipinski definition) is 1. The van der Waals surface area contributed by atoms with Gasteiger partial charge in [-0.25, -0.2) is 8.42 Å². The number of rotatable bonds is 4. The minimum Gasteiger partial charge on any atom is -0.392 e. The van der Waals surface area contributed by atoms with Crippen molar-refractivity contribution in [2.24, 2.45) is 0 Å². The Bertz CT molecular complexity index is 548. The van der Waals surface area contributed by atoms with Crippen molar-refractivity contribution in [2.45, 2.75) is 31.3 Å². The highest BCUT2D eigenvalue weighted by Crippen LogP contribution is 2.23. The van der Waals surface area contributed by atoms with Crippen LogP contribution in [0, 0.1) is 0 Å². The number of sulfonamides is 1. The summed E-state index contributed by atoms with van der Waals surface area (Å²) in [6, 6.07) is 5.13. The van der Waals surface area contributed by atoms with Gasteiger partial charge in [0.25, 0.3) is 0 Å². The normalized spacial score (nSPS) is 17.9. The third kappa shape index (κ3) is 3.20. The molecule has 2 rings (SSSR count). The van der Waals surface area contributed by atoms with Gasteiger partial charge in [-0.05, 0) is 30.0 Å². The molecule has 0 saturated carbocycles. The molecule has 0 spiro atoms. The minimum atomic E-state index is -3.52. The summed E-state index contributed by atoms with van der Waals surface area (Å²) in [7, 11) is -3.52. The topological polar surface area (TPSA) is 66.8 Å². The van der Waals surface area contributed by atoms with Gasteiger partial charge in [-0.15, -0.1) is 0 Å². The second kappa shape index (κ2) is 6.67. The van der Waals surface area contributed by atoms with E-state index < -0.39 is 10.0 Å². The van der Waals surface area contributed by atoms with E-state index in [9.17, 15) is 13.5 Å². The van der Waals surface area contributed by atoms with E-state index in [-0.39, 0.29) is 6.61 Å². The van der Waals surface area contributed by atoms with Gasteiger partial charge in [0.2, 0.25) is 10.0 Å². The van der Waals surface area contributed by atoms with Gasteiger partial charge in [-0.1, -0.05) is 19.1 Å². The molecule has 0 aromatic heterocycles. The average Bonchev–Trinajstić information content (AvgIpc) is 2.76. The Kier molecular flexibility index (Phi) is 5.15. The fourth-order valence-corrected chi connectivity index (χ4v) is 4.14.